The Bertz CT molecular complexity index is 1440. The standard InChI is InChI=1S/C26H16F2O2/c27-21-14-17(24-18-7-3-1-5-15(18)9-11-22(24)29)13-20(26(21)28)25-19-8-4-2-6-16(19)10-12-23(25)30/h1-14,29-30H. The topological polar surface area (TPSA) is 40.5 Å². The van der Waals surface area contributed by atoms with E-state index in [4.69, 9.17) is 0 Å². The molecule has 0 amide bonds. The van der Waals surface area contributed by atoms with Crippen molar-refractivity contribution in [2.45, 2.75) is 0 Å². The molecular formula is C26H16F2O2. The lowest BCUT2D eigenvalue weighted by molar-refractivity contribution is 0.476. The molecule has 146 valence electrons. The van der Waals surface area contributed by atoms with Gasteiger partial charge in [-0.1, -0.05) is 60.7 Å². The van der Waals surface area contributed by atoms with Gasteiger partial charge < -0.3 is 10.2 Å². The Kier molecular flexibility index (Phi) is 4.14. The number of aromatic hydroxyl groups is 2. The molecule has 2 nitrogen and oxygen atoms in total. The van der Waals surface area contributed by atoms with E-state index in [9.17, 15) is 19.0 Å². The van der Waals surface area contributed by atoms with Crippen molar-refractivity contribution < 1.29 is 19.0 Å². The molecule has 5 aromatic rings. The van der Waals surface area contributed by atoms with Crippen LogP contribution in [0.25, 0.3) is 43.8 Å². The van der Waals surface area contributed by atoms with Gasteiger partial charge in [-0.3, -0.25) is 0 Å². The highest BCUT2D eigenvalue weighted by Gasteiger charge is 2.20. The summed E-state index contributed by atoms with van der Waals surface area (Å²) in [6, 6.07) is 23.7. The van der Waals surface area contributed by atoms with Crippen LogP contribution in [0.2, 0.25) is 0 Å². The fourth-order valence-corrected chi connectivity index (χ4v) is 4.02. The van der Waals surface area contributed by atoms with E-state index in [-0.39, 0.29) is 22.6 Å². The van der Waals surface area contributed by atoms with Gasteiger partial charge in [0.1, 0.15) is 11.5 Å². The molecule has 0 heterocycles. The monoisotopic (exact) mass is 398 g/mol. The van der Waals surface area contributed by atoms with Crippen LogP contribution in [0.1, 0.15) is 0 Å². The smallest absolute Gasteiger partial charge is 0.166 e. The molecule has 0 spiro atoms. The second-order valence-electron chi connectivity index (χ2n) is 7.18. The SMILES string of the molecule is Oc1ccc2ccccc2c1-c1cc(F)c(F)c(-c2c(O)ccc3ccccc23)c1. The molecule has 0 saturated carbocycles. The van der Waals surface area contributed by atoms with Crippen LogP contribution in [0.15, 0.2) is 84.9 Å². The number of rotatable bonds is 2. The molecule has 0 aromatic heterocycles. The number of phenols is 2. The molecule has 0 bridgehead atoms. The van der Waals surface area contributed by atoms with E-state index in [0.29, 0.717) is 16.5 Å². The number of fused-ring (bicyclic) bond motifs is 2. The van der Waals surface area contributed by atoms with Crippen LogP contribution in [-0.4, -0.2) is 10.2 Å². The second kappa shape index (κ2) is 6.85. The zero-order chi connectivity index (χ0) is 20.8. The van der Waals surface area contributed by atoms with Crippen molar-refractivity contribution in [2.75, 3.05) is 0 Å². The Morgan fingerprint density at radius 3 is 1.73 bits per heavy atom. The molecule has 5 rings (SSSR count). The first-order valence-electron chi connectivity index (χ1n) is 9.46. The fourth-order valence-electron chi connectivity index (χ4n) is 4.02. The molecule has 2 N–H and O–H groups in total. The van der Waals surface area contributed by atoms with Crippen LogP contribution >= 0.6 is 0 Å². The largest absolute Gasteiger partial charge is 0.507 e. The van der Waals surface area contributed by atoms with Crippen LogP contribution in [0.3, 0.4) is 0 Å². The first kappa shape index (κ1) is 18.1. The van der Waals surface area contributed by atoms with Gasteiger partial charge in [0.15, 0.2) is 11.6 Å². The number of phenolic OH excluding ortho intramolecular Hbond substituents is 2. The average molecular weight is 398 g/mol. The minimum atomic E-state index is -1.05. The molecular weight excluding hydrogens is 382 g/mol. The molecule has 0 atom stereocenters. The second-order valence-corrected chi connectivity index (χ2v) is 7.18. The van der Waals surface area contributed by atoms with E-state index in [1.54, 1.807) is 24.3 Å². The molecule has 30 heavy (non-hydrogen) atoms. The van der Waals surface area contributed by atoms with Crippen molar-refractivity contribution in [1.29, 1.82) is 0 Å². The van der Waals surface area contributed by atoms with Crippen molar-refractivity contribution in [2.24, 2.45) is 0 Å². The molecule has 0 saturated heterocycles. The number of hydrogen-bond acceptors (Lipinski definition) is 2. The Morgan fingerprint density at radius 2 is 1.10 bits per heavy atom. The normalized spacial score (nSPS) is 11.3. The maximum atomic E-state index is 15.0. The summed E-state index contributed by atoms with van der Waals surface area (Å²) < 4.78 is 29.7. The number of benzene rings is 5. The Morgan fingerprint density at radius 1 is 0.567 bits per heavy atom. The Balaban J connectivity index is 1.86. The maximum absolute atomic E-state index is 15.0. The number of halogens is 2. The van der Waals surface area contributed by atoms with Crippen LogP contribution in [-0.2, 0) is 0 Å². The van der Waals surface area contributed by atoms with Crippen LogP contribution in [0, 0.1) is 11.6 Å². The third kappa shape index (κ3) is 2.77. The van der Waals surface area contributed by atoms with Crippen molar-refractivity contribution in [3.8, 4) is 33.8 Å². The van der Waals surface area contributed by atoms with E-state index in [1.807, 2.05) is 36.4 Å². The van der Waals surface area contributed by atoms with Crippen LogP contribution in [0.4, 0.5) is 8.78 Å². The van der Waals surface area contributed by atoms with Crippen molar-refractivity contribution >= 4 is 21.5 Å². The van der Waals surface area contributed by atoms with Crippen LogP contribution < -0.4 is 0 Å². The van der Waals surface area contributed by atoms with Crippen LogP contribution in [0.5, 0.6) is 11.5 Å². The van der Waals surface area contributed by atoms with Gasteiger partial charge in [0.05, 0.1) is 0 Å². The molecule has 5 aromatic carbocycles. The van der Waals surface area contributed by atoms with E-state index < -0.39 is 11.6 Å². The summed E-state index contributed by atoms with van der Waals surface area (Å²) in [5.41, 5.74) is 0.885. The van der Waals surface area contributed by atoms with Crippen molar-refractivity contribution in [3.63, 3.8) is 0 Å². The van der Waals surface area contributed by atoms with Gasteiger partial charge in [-0.15, -0.1) is 0 Å². The molecule has 4 heteroatoms. The van der Waals surface area contributed by atoms with Gasteiger partial charge in [-0.2, -0.15) is 0 Å². The lowest BCUT2D eigenvalue weighted by atomic mass is 9.91. The van der Waals surface area contributed by atoms with Crippen molar-refractivity contribution in [1.82, 2.24) is 0 Å². The quantitative estimate of drug-likeness (QED) is 0.336. The van der Waals surface area contributed by atoms with E-state index in [1.165, 1.54) is 18.2 Å². The Labute approximate surface area is 171 Å². The molecule has 0 fully saturated rings. The summed E-state index contributed by atoms with van der Waals surface area (Å²) in [5, 5.41) is 24.1. The van der Waals surface area contributed by atoms with E-state index >= 15 is 0 Å². The molecule has 0 aliphatic rings. The zero-order valence-corrected chi connectivity index (χ0v) is 15.7. The third-order valence-corrected chi connectivity index (χ3v) is 5.40. The highest BCUT2D eigenvalue weighted by atomic mass is 19.2. The van der Waals surface area contributed by atoms with Gasteiger partial charge in [-0.25, -0.2) is 8.78 Å². The summed E-state index contributed by atoms with van der Waals surface area (Å²) in [5.74, 6) is -2.29. The predicted molar refractivity (Wildman–Crippen MR) is 116 cm³/mol. The fraction of sp³-hybridized carbons (Fsp3) is 0. The lowest BCUT2D eigenvalue weighted by Crippen LogP contribution is -1.94. The summed E-state index contributed by atoms with van der Waals surface area (Å²) in [4.78, 5) is 0. The molecule has 0 aliphatic carbocycles. The number of hydrogen-bond donors (Lipinski definition) is 2. The van der Waals surface area contributed by atoms with Gasteiger partial charge in [0.25, 0.3) is 0 Å². The first-order valence-corrected chi connectivity index (χ1v) is 9.46. The van der Waals surface area contributed by atoms with Gasteiger partial charge >= 0.3 is 0 Å². The summed E-state index contributed by atoms with van der Waals surface area (Å²) in [6.07, 6.45) is 0. The molecule has 0 aliphatic heterocycles. The predicted octanol–water partition coefficient (Wildman–Crippen LogP) is 7.02. The summed E-state index contributed by atoms with van der Waals surface area (Å²) >= 11 is 0. The van der Waals surface area contributed by atoms with Gasteiger partial charge in [-0.05, 0) is 51.4 Å². The zero-order valence-electron chi connectivity index (χ0n) is 15.7. The van der Waals surface area contributed by atoms with Crippen molar-refractivity contribution in [3.05, 3.63) is 96.6 Å². The maximum Gasteiger partial charge on any atom is 0.166 e. The highest BCUT2D eigenvalue weighted by Crippen LogP contribution is 2.43. The van der Waals surface area contributed by atoms with Gasteiger partial charge in [0.2, 0.25) is 0 Å². The van der Waals surface area contributed by atoms with E-state index in [2.05, 4.69) is 0 Å². The highest BCUT2D eigenvalue weighted by molar-refractivity contribution is 6.03. The minimum absolute atomic E-state index is 0.0344. The van der Waals surface area contributed by atoms with Gasteiger partial charge in [0, 0.05) is 16.7 Å². The average Bonchev–Trinajstić information content (AvgIpc) is 2.76. The first-order chi connectivity index (χ1) is 14.5. The van der Waals surface area contributed by atoms with E-state index in [0.717, 1.165) is 22.2 Å². The lowest BCUT2D eigenvalue weighted by Gasteiger charge is -2.15. The summed E-state index contributed by atoms with van der Waals surface area (Å²) in [7, 11) is 0. The third-order valence-electron chi connectivity index (χ3n) is 5.40. The molecule has 0 radical (unpaired) electrons. The molecule has 0 unspecified atom stereocenters. The summed E-state index contributed by atoms with van der Waals surface area (Å²) in [6.45, 7) is 0. The Hall–Kier alpha value is -3.92. The minimum Gasteiger partial charge on any atom is -0.507 e.